The Bertz CT molecular complexity index is 1610. The maximum atomic E-state index is 6.63. The van der Waals surface area contributed by atoms with E-state index in [1.54, 1.807) is 0 Å². The molecule has 0 atom stereocenters. The standard InChI is InChI=1S/C32H33BO3/c1-17-11-25-27-26(12-17)35-28-19-13-18(30(2,3)4)9-10-23(19)36-29(28)33(27)22-14-20-21(15-24(22)34-25)32(7,8)16-31(20,5)6/h9-15H,16H2,1-8H3. The molecule has 4 aromatic rings. The summed E-state index contributed by atoms with van der Waals surface area (Å²) in [7, 11) is 0. The Kier molecular flexibility index (Phi) is 4.04. The molecule has 7 rings (SSSR count). The molecule has 3 aliphatic rings. The number of rotatable bonds is 0. The van der Waals surface area contributed by atoms with Crippen LogP contribution in [0.5, 0.6) is 23.0 Å². The third kappa shape index (κ3) is 2.87. The van der Waals surface area contributed by atoms with Gasteiger partial charge in [0.15, 0.2) is 5.75 Å². The molecule has 182 valence electrons. The van der Waals surface area contributed by atoms with Crippen molar-refractivity contribution in [2.24, 2.45) is 0 Å². The Morgan fingerprint density at radius 1 is 0.806 bits per heavy atom. The lowest BCUT2D eigenvalue weighted by Gasteiger charge is -2.32. The molecule has 2 aliphatic heterocycles. The molecule has 3 heterocycles. The van der Waals surface area contributed by atoms with Crippen LogP contribution < -0.4 is 26.1 Å². The van der Waals surface area contributed by atoms with Gasteiger partial charge >= 0.3 is 6.71 Å². The molecule has 0 fully saturated rings. The van der Waals surface area contributed by atoms with Gasteiger partial charge in [-0.3, -0.25) is 0 Å². The number of fused-ring (bicyclic) bond motifs is 7. The Hall–Kier alpha value is -3.14. The summed E-state index contributed by atoms with van der Waals surface area (Å²) < 4.78 is 19.9. The minimum atomic E-state index is -0.0570. The summed E-state index contributed by atoms with van der Waals surface area (Å²) in [5.74, 6) is 3.53. The Balaban J connectivity index is 1.53. The number of aryl methyl sites for hydroxylation is 1. The maximum absolute atomic E-state index is 6.63. The largest absolute Gasteiger partial charge is 0.466 e. The van der Waals surface area contributed by atoms with Gasteiger partial charge in [0.25, 0.3) is 0 Å². The van der Waals surface area contributed by atoms with Crippen LogP contribution in [-0.2, 0) is 16.2 Å². The van der Waals surface area contributed by atoms with Gasteiger partial charge in [-0.05, 0) is 87.6 Å². The molecule has 1 aliphatic carbocycles. The van der Waals surface area contributed by atoms with Gasteiger partial charge in [0.1, 0.15) is 28.5 Å². The average Bonchev–Trinajstić information content (AvgIpc) is 3.22. The zero-order valence-electron chi connectivity index (χ0n) is 22.6. The highest BCUT2D eigenvalue weighted by Crippen LogP contribution is 2.51. The topological polar surface area (TPSA) is 31.6 Å². The molecule has 0 saturated carbocycles. The van der Waals surface area contributed by atoms with Crippen molar-refractivity contribution >= 4 is 34.3 Å². The molecule has 0 unspecified atom stereocenters. The van der Waals surface area contributed by atoms with Crippen LogP contribution in [0.15, 0.2) is 46.9 Å². The predicted octanol–water partition coefficient (Wildman–Crippen LogP) is 6.73. The monoisotopic (exact) mass is 476 g/mol. The molecule has 4 heteroatoms. The summed E-state index contributed by atoms with van der Waals surface area (Å²) in [6, 6.07) is 15.5. The van der Waals surface area contributed by atoms with E-state index in [1.807, 2.05) is 0 Å². The Morgan fingerprint density at radius 3 is 2.17 bits per heavy atom. The normalized spacial score (nSPS) is 18.2. The SMILES string of the molecule is Cc1cc2c3c(c1)Oc1c(oc4ccc(C(C)(C)C)cc14)B3c1cc3c(cc1O2)C(C)(C)CC3(C)C. The van der Waals surface area contributed by atoms with Gasteiger partial charge in [-0.15, -0.1) is 0 Å². The van der Waals surface area contributed by atoms with Gasteiger partial charge in [-0.1, -0.05) is 60.6 Å². The molecule has 3 nitrogen and oxygen atoms in total. The lowest BCUT2D eigenvalue weighted by atomic mass is 9.36. The molecule has 0 N–H and O–H groups in total. The van der Waals surface area contributed by atoms with E-state index in [2.05, 4.69) is 97.9 Å². The lowest BCUT2D eigenvalue weighted by Crippen LogP contribution is -2.57. The smallest absolute Gasteiger partial charge is 0.305 e. The van der Waals surface area contributed by atoms with Gasteiger partial charge in [0, 0.05) is 5.46 Å². The number of furan rings is 1. The maximum Gasteiger partial charge on any atom is 0.305 e. The zero-order valence-corrected chi connectivity index (χ0v) is 22.6. The Morgan fingerprint density at radius 2 is 1.47 bits per heavy atom. The van der Waals surface area contributed by atoms with Crippen LogP contribution in [-0.4, -0.2) is 6.71 Å². The van der Waals surface area contributed by atoms with Gasteiger partial charge in [0.2, 0.25) is 0 Å². The first-order valence-electron chi connectivity index (χ1n) is 13.1. The minimum absolute atomic E-state index is 0.0406. The fraction of sp³-hybridized carbons (Fsp3) is 0.375. The summed E-state index contributed by atoms with van der Waals surface area (Å²) in [6.45, 7) is 18.2. The highest BCUT2D eigenvalue weighted by molar-refractivity contribution is 6.97. The van der Waals surface area contributed by atoms with Gasteiger partial charge in [0.05, 0.1) is 5.39 Å². The molecule has 0 radical (unpaired) electrons. The summed E-state index contributed by atoms with van der Waals surface area (Å²) in [5, 5.41) is 1.04. The fourth-order valence-electron chi connectivity index (χ4n) is 7.02. The van der Waals surface area contributed by atoms with Crippen molar-refractivity contribution in [3.8, 4) is 23.0 Å². The van der Waals surface area contributed by atoms with E-state index >= 15 is 0 Å². The highest BCUT2D eigenvalue weighted by atomic mass is 16.5. The lowest BCUT2D eigenvalue weighted by molar-refractivity contribution is 0.402. The summed E-state index contributed by atoms with van der Waals surface area (Å²) in [6.07, 6.45) is 1.12. The van der Waals surface area contributed by atoms with E-state index in [4.69, 9.17) is 13.9 Å². The van der Waals surface area contributed by atoms with E-state index < -0.39 is 0 Å². The van der Waals surface area contributed by atoms with Crippen LogP contribution in [0.1, 0.15) is 77.1 Å². The van der Waals surface area contributed by atoms with Crippen LogP contribution in [0, 0.1) is 6.92 Å². The number of hydrogen-bond donors (Lipinski definition) is 0. The van der Waals surface area contributed by atoms with Crippen molar-refractivity contribution in [2.75, 3.05) is 0 Å². The van der Waals surface area contributed by atoms with E-state index in [9.17, 15) is 0 Å². The summed E-state index contributed by atoms with van der Waals surface area (Å²) in [4.78, 5) is 0. The van der Waals surface area contributed by atoms with Crippen LogP contribution in [0.25, 0.3) is 11.0 Å². The molecule has 36 heavy (non-hydrogen) atoms. The van der Waals surface area contributed by atoms with Crippen LogP contribution in [0.2, 0.25) is 0 Å². The third-order valence-corrected chi connectivity index (χ3v) is 8.57. The molecule has 3 aromatic carbocycles. The minimum Gasteiger partial charge on any atom is -0.466 e. The second kappa shape index (κ2) is 6.59. The summed E-state index contributed by atoms with van der Waals surface area (Å²) in [5.41, 5.74) is 9.48. The van der Waals surface area contributed by atoms with Crippen molar-refractivity contribution in [1.82, 2.24) is 0 Å². The molecular weight excluding hydrogens is 443 g/mol. The third-order valence-electron chi connectivity index (χ3n) is 8.57. The first-order chi connectivity index (χ1) is 16.8. The van der Waals surface area contributed by atoms with E-state index in [0.29, 0.717) is 0 Å². The van der Waals surface area contributed by atoms with E-state index in [-0.39, 0.29) is 23.0 Å². The van der Waals surface area contributed by atoms with Gasteiger partial charge in [-0.25, -0.2) is 0 Å². The Labute approximate surface area is 213 Å². The van der Waals surface area contributed by atoms with E-state index in [1.165, 1.54) is 22.2 Å². The molecule has 0 saturated heterocycles. The van der Waals surface area contributed by atoms with Gasteiger partial charge in [-0.2, -0.15) is 0 Å². The summed E-state index contributed by atoms with van der Waals surface area (Å²) >= 11 is 0. The first kappa shape index (κ1) is 22.1. The second-order valence-corrected chi connectivity index (χ2v) is 13.4. The zero-order chi connectivity index (χ0) is 25.4. The molecule has 0 amide bonds. The van der Waals surface area contributed by atoms with Crippen molar-refractivity contribution in [3.05, 3.63) is 64.7 Å². The van der Waals surface area contributed by atoms with Crippen molar-refractivity contribution in [2.45, 2.75) is 78.1 Å². The van der Waals surface area contributed by atoms with E-state index in [0.717, 1.165) is 57.1 Å². The van der Waals surface area contributed by atoms with Crippen molar-refractivity contribution < 1.29 is 13.9 Å². The van der Waals surface area contributed by atoms with Crippen molar-refractivity contribution in [3.63, 3.8) is 0 Å². The molecule has 0 bridgehead atoms. The molecule has 1 aromatic heterocycles. The molecule has 0 spiro atoms. The number of ether oxygens (including phenoxy) is 2. The number of hydrogen-bond acceptors (Lipinski definition) is 3. The average molecular weight is 476 g/mol. The number of benzene rings is 3. The van der Waals surface area contributed by atoms with Crippen LogP contribution in [0.4, 0.5) is 0 Å². The van der Waals surface area contributed by atoms with Crippen LogP contribution in [0.3, 0.4) is 0 Å². The second-order valence-electron chi connectivity index (χ2n) is 13.4. The highest BCUT2D eigenvalue weighted by Gasteiger charge is 2.48. The molecular formula is C32H33BO3. The predicted molar refractivity (Wildman–Crippen MR) is 148 cm³/mol. The van der Waals surface area contributed by atoms with Crippen LogP contribution >= 0.6 is 0 Å². The first-order valence-corrected chi connectivity index (χ1v) is 13.1. The van der Waals surface area contributed by atoms with Gasteiger partial charge < -0.3 is 13.9 Å². The van der Waals surface area contributed by atoms with Crippen molar-refractivity contribution in [1.29, 1.82) is 0 Å². The fourth-order valence-corrected chi connectivity index (χ4v) is 7.02. The quantitative estimate of drug-likeness (QED) is 0.228.